The average Bonchev–Trinajstić information content (AvgIpc) is 3.45. The smallest absolute Gasteiger partial charge is 0.341 e. The molecule has 192 valence electrons. The first-order chi connectivity index (χ1) is 17.3. The minimum atomic E-state index is -0.729. The minimum absolute atomic E-state index is 0.111. The lowest BCUT2D eigenvalue weighted by Gasteiger charge is -2.18. The summed E-state index contributed by atoms with van der Waals surface area (Å²) in [5.41, 5.74) is 1.23. The van der Waals surface area contributed by atoms with Gasteiger partial charge in [0.15, 0.2) is 18.1 Å². The van der Waals surface area contributed by atoms with Crippen LogP contribution in [-0.4, -0.2) is 61.7 Å². The van der Waals surface area contributed by atoms with Gasteiger partial charge in [-0.05, 0) is 57.0 Å². The summed E-state index contributed by atoms with van der Waals surface area (Å²) in [6.45, 7) is 7.71. The molecule has 2 aromatic rings. The Morgan fingerprint density at radius 2 is 1.81 bits per heavy atom. The van der Waals surface area contributed by atoms with Gasteiger partial charge in [-0.25, -0.2) is 9.59 Å². The van der Waals surface area contributed by atoms with Gasteiger partial charge in [-0.2, -0.15) is 0 Å². The summed E-state index contributed by atoms with van der Waals surface area (Å²) in [5.74, 6) is -1.08. The molecule has 0 radical (unpaired) electrons. The fourth-order valence-corrected chi connectivity index (χ4v) is 4.62. The van der Waals surface area contributed by atoms with Gasteiger partial charge in [0.2, 0.25) is 6.79 Å². The van der Waals surface area contributed by atoms with Gasteiger partial charge in [-0.15, -0.1) is 11.3 Å². The number of ether oxygens (including phenoxy) is 4. The highest BCUT2D eigenvalue weighted by Crippen LogP contribution is 2.35. The van der Waals surface area contributed by atoms with Crippen LogP contribution in [0.15, 0.2) is 24.3 Å². The van der Waals surface area contributed by atoms with Crippen molar-refractivity contribution < 1.29 is 38.1 Å². The number of carbonyl (C=O) groups excluding carboxylic acids is 4. The standard InChI is InChI=1S/C25H28N2O8S/c1-5-27(6-2)24(30)22-15(4)21(25(31)32-7-3)23(36-22)26-19(28)13-33-20(29)11-9-16-8-10-17-18(12-16)35-14-34-17/h8-12H,5-7,13-14H2,1-4H3,(H,26,28)/b11-9+. The average molecular weight is 517 g/mol. The zero-order chi connectivity index (χ0) is 26.2. The topological polar surface area (TPSA) is 120 Å². The van der Waals surface area contributed by atoms with Gasteiger partial charge < -0.3 is 29.2 Å². The number of nitrogens with zero attached hydrogens (tertiary/aromatic N) is 1. The molecule has 0 aliphatic carbocycles. The number of hydrogen-bond donors (Lipinski definition) is 1. The maximum absolute atomic E-state index is 12.9. The van der Waals surface area contributed by atoms with Gasteiger partial charge in [0.1, 0.15) is 5.00 Å². The largest absolute Gasteiger partial charge is 0.462 e. The summed E-state index contributed by atoms with van der Waals surface area (Å²) in [7, 11) is 0. The van der Waals surface area contributed by atoms with Gasteiger partial charge in [0.25, 0.3) is 11.8 Å². The third-order valence-corrected chi connectivity index (χ3v) is 6.47. The Bertz CT molecular complexity index is 1180. The summed E-state index contributed by atoms with van der Waals surface area (Å²) in [4.78, 5) is 52.0. The van der Waals surface area contributed by atoms with E-state index in [9.17, 15) is 19.2 Å². The van der Waals surface area contributed by atoms with E-state index in [-0.39, 0.29) is 29.9 Å². The first-order valence-electron chi connectivity index (χ1n) is 11.4. The molecule has 0 spiro atoms. The molecule has 36 heavy (non-hydrogen) atoms. The molecule has 0 atom stereocenters. The van der Waals surface area contributed by atoms with Crippen molar-refractivity contribution >= 4 is 46.2 Å². The fourth-order valence-electron chi connectivity index (χ4n) is 3.44. The molecule has 0 unspecified atom stereocenters. The van der Waals surface area contributed by atoms with E-state index in [1.54, 1.807) is 36.9 Å². The number of fused-ring (bicyclic) bond motifs is 1. The summed E-state index contributed by atoms with van der Waals surface area (Å²) in [5, 5.41) is 2.74. The molecule has 3 rings (SSSR count). The van der Waals surface area contributed by atoms with Gasteiger partial charge in [-0.3, -0.25) is 9.59 Å². The van der Waals surface area contributed by atoms with Crippen molar-refractivity contribution in [1.82, 2.24) is 4.90 Å². The number of nitrogens with one attached hydrogen (secondary N) is 1. The molecule has 0 bridgehead atoms. The van der Waals surface area contributed by atoms with Gasteiger partial charge in [-0.1, -0.05) is 6.07 Å². The lowest BCUT2D eigenvalue weighted by molar-refractivity contribution is -0.142. The van der Waals surface area contributed by atoms with E-state index in [0.29, 0.717) is 40.6 Å². The summed E-state index contributed by atoms with van der Waals surface area (Å²) >= 11 is 0.987. The molecule has 10 nitrogen and oxygen atoms in total. The fraction of sp³-hybridized carbons (Fsp3) is 0.360. The number of benzene rings is 1. The monoisotopic (exact) mass is 516 g/mol. The van der Waals surface area contributed by atoms with Crippen molar-refractivity contribution in [1.29, 1.82) is 0 Å². The molecule has 0 saturated heterocycles. The van der Waals surface area contributed by atoms with Gasteiger partial charge in [0, 0.05) is 19.2 Å². The number of thiophene rings is 1. The van der Waals surface area contributed by atoms with Crippen LogP contribution >= 0.6 is 11.3 Å². The lowest BCUT2D eigenvalue weighted by Crippen LogP contribution is -2.30. The van der Waals surface area contributed by atoms with Crippen LogP contribution in [-0.2, 0) is 19.1 Å². The van der Waals surface area contributed by atoms with Crippen LogP contribution in [0.1, 0.15) is 51.9 Å². The zero-order valence-corrected chi connectivity index (χ0v) is 21.4. The second kappa shape index (κ2) is 12.2. The molecule has 0 fully saturated rings. The Hall–Kier alpha value is -3.86. The molecule has 1 aromatic heterocycles. The van der Waals surface area contributed by atoms with E-state index in [0.717, 1.165) is 11.3 Å². The highest BCUT2D eigenvalue weighted by molar-refractivity contribution is 7.18. The van der Waals surface area contributed by atoms with Crippen LogP contribution in [0.4, 0.5) is 5.00 Å². The van der Waals surface area contributed by atoms with E-state index in [2.05, 4.69) is 5.32 Å². The SMILES string of the molecule is CCOC(=O)c1c(NC(=O)COC(=O)/C=C/c2ccc3c(c2)OCO3)sc(C(=O)N(CC)CC)c1C. The molecular weight excluding hydrogens is 488 g/mol. The Morgan fingerprint density at radius 3 is 2.50 bits per heavy atom. The molecule has 1 aromatic carbocycles. The normalized spacial score (nSPS) is 11.9. The Kier molecular flexibility index (Phi) is 9.07. The Morgan fingerprint density at radius 1 is 1.08 bits per heavy atom. The van der Waals surface area contributed by atoms with E-state index in [4.69, 9.17) is 18.9 Å². The van der Waals surface area contributed by atoms with Crippen LogP contribution < -0.4 is 14.8 Å². The third kappa shape index (κ3) is 6.22. The predicted molar refractivity (Wildman–Crippen MR) is 133 cm³/mol. The Balaban J connectivity index is 1.67. The van der Waals surface area contributed by atoms with Crippen molar-refractivity contribution in [2.24, 2.45) is 0 Å². The van der Waals surface area contributed by atoms with Crippen molar-refractivity contribution in [3.8, 4) is 11.5 Å². The molecule has 0 saturated carbocycles. The van der Waals surface area contributed by atoms with Crippen LogP contribution in [0.2, 0.25) is 0 Å². The number of carbonyl (C=O) groups is 4. The molecule has 1 N–H and O–H groups in total. The van der Waals surface area contributed by atoms with Crippen LogP contribution in [0.25, 0.3) is 6.08 Å². The molecule has 1 aliphatic rings. The second-order valence-electron chi connectivity index (χ2n) is 7.56. The lowest BCUT2D eigenvalue weighted by atomic mass is 10.1. The van der Waals surface area contributed by atoms with Gasteiger partial charge >= 0.3 is 11.9 Å². The highest BCUT2D eigenvalue weighted by atomic mass is 32.1. The summed E-state index contributed by atoms with van der Waals surface area (Å²) in [6.07, 6.45) is 2.71. The summed E-state index contributed by atoms with van der Waals surface area (Å²) in [6, 6.07) is 5.19. The molecule has 11 heteroatoms. The van der Waals surface area contributed by atoms with Crippen molar-refractivity contribution in [2.75, 3.05) is 38.4 Å². The predicted octanol–water partition coefficient (Wildman–Crippen LogP) is 3.64. The number of hydrogen-bond acceptors (Lipinski definition) is 9. The van der Waals surface area contributed by atoms with Crippen molar-refractivity contribution in [2.45, 2.75) is 27.7 Å². The number of anilines is 1. The van der Waals surface area contributed by atoms with Gasteiger partial charge in [0.05, 0.1) is 17.0 Å². The minimum Gasteiger partial charge on any atom is -0.462 e. The Labute approximate surface area is 212 Å². The van der Waals surface area contributed by atoms with Crippen LogP contribution in [0.3, 0.4) is 0 Å². The molecule has 2 heterocycles. The first kappa shape index (κ1) is 26.7. The highest BCUT2D eigenvalue weighted by Gasteiger charge is 2.28. The second-order valence-corrected chi connectivity index (χ2v) is 8.58. The third-order valence-electron chi connectivity index (χ3n) is 5.28. The molecular formula is C25H28N2O8S. The quantitative estimate of drug-likeness (QED) is 0.375. The number of rotatable bonds is 10. The molecule has 1 aliphatic heterocycles. The van der Waals surface area contributed by atoms with Crippen LogP contribution in [0, 0.1) is 6.92 Å². The van der Waals surface area contributed by atoms with E-state index < -0.39 is 24.5 Å². The summed E-state index contributed by atoms with van der Waals surface area (Å²) < 4.78 is 20.7. The number of esters is 2. The van der Waals surface area contributed by atoms with E-state index in [1.807, 2.05) is 13.8 Å². The maximum atomic E-state index is 12.9. The van der Waals surface area contributed by atoms with E-state index >= 15 is 0 Å². The van der Waals surface area contributed by atoms with Crippen molar-refractivity contribution in [3.63, 3.8) is 0 Å². The molecule has 2 amide bonds. The van der Waals surface area contributed by atoms with Crippen molar-refractivity contribution in [3.05, 3.63) is 45.8 Å². The van der Waals surface area contributed by atoms with E-state index in [1.165, 1.54) is 12.2 Å². The first-order valence-corrected chi connectivity index (χ1v) is 12.2. The van der Waals surface area contributed by atoms with Crippen LogP contribution in [0.5, 0.6) is 11.5 Å². The number of amides is 2. The maximum Gasteiger partial charge on any atom is 0.341 e. The zero-order valence-electron chi connectivity index (χ0n) is 20.5.